The number of carbonyl (C=O) groups excluding carboxylic acids is 1. The molecule has 0 amide bonds. The van der Waals surface area contributed by atoms with Crippen molar-refractivity contribution >= 4 is 18.0 Å². The van der Waals surface area contributed by atoms with E-state index < -0.39 is 30.6 Å². The first-order valence-electron chi connectivity index (χ1n) is 11.5. The molecule has 0 aliphatic heterocycles. The van der Waals surface area contributed by atoms with E-state index in [0.717, 1.165) is 12.8 Å². The fraction of sp³-hybridized carbons (Fsp3) is 0.308. The molecule has 0 spiro atoms. The van der Waals surface area contributed by atoms with Crippen molar-refractivity contribution in [3.63, 3.8) is 0 Å². The Morgan fingerprint density at radius 1 is 1.27 bits per heavy atom. The third kappa shape index (κ3) is 5.79. The van der Waals surface area contributed by atoms with Crippen LogP contribution >= 0.6 is 0 Å². The average Bonchev–Trinajstić information content (AvgIpc) is 3.66. The molecule has 11 nitrogen and oxygen atoms in total. The molecule has 0 radical (unpaired) electrons. The van der Waals surface area contributed by atoms with Gasteiger partial charge in [0.05, 0.1) is 18.4 Å². The second-order valence-electron chi connectivity index (χ2n) is 8.55. The Balaban J connectivity index is 1.77. The van der Waals surface area contributed by atoms with Crippen molar-refractivity contribution in [3.8, 4) is 16.9 Å². The van der Waals surface area contributed by atoms with E-state index in [9.17, 15) is 24.6 Å². The zero-order valence-electron chi connectivity index (χ0n) is 20.3. The molecular formula is C26H26N2O9. The maximum absolute atomic E-state index is 13.2. The molecule has 1 unspecified atom stereocenters. The first-order chi connectivity index (χ1) is 17.7. The van der Waals surface area contributed by atoms with Crippen molar-refractivity contribution in [1.82, 2.24) is 10.3 Å². The highest BCUT2D eigenvalue weighted by Gasteiger charge is 2.26. The SMILES string of the molecule is C=Cc1cc(C(=O)O)c(-c2ccc(C(O)NCC3CC3)nc2C(=O)OCc2oc(=O)oc2C)cc1OC. The molecule has 1 aliphatic rings. The average molecular weight is 510 g/mol. The van der Waals surface area contributed by atoms with Gasteiger partial charge < -0.3 is 28.5 Å². The zero-order chi connectivity index (χ0) is 26.7. The number of aromatic nitrogens is 1. The molecule has 3 aromatic rings. The molecule has 194 valence electrons. The second kappa shape index (κ2) is 10.8. The molecule has 1 atom stereocenters. The van der Waals surface area contributed by atoms with Crippen LogP contribution in [0.15, 0.2) is 44.5 Å². The summed E-state index contributed by atoms with van der Waals surface area (Å²) in [5.41, 5.74) is 0.510. The molecular weight excluding hydrogens is 484 g/mol. The molecule has 11 heteroatoms. The summed E-state index contributed by atoms with van der Waals surface area (Å²) >= 11 is 0. The summed E-state index contributed by atoms with van der Waals surface area (Å²) < 4.78 is 20.3. The first kappa shape index (κ1) is 25.9. The quantitative estimate of drug-likeness (QED) is 0.256. The summed E-state index contributed by atoms with van der Waals surface area (Å²) in [5.74, 6) is -2.12. The first-order valence-corrected chi connectivity index (χ1v) is 11.5. The number of nitrogens with one attached hydrogen (secondary N) is 1. The van der Waals surface area contributed by atoms with Crippen LogP contribution in [-0.2, 0) is 11.3 Å². The molecule has 2 aromatic heterocycles. The summed E-state index contributed by atoms with van der Waals surface area (Å²) in [5, 5.41) is 23.4. The van der Waals surface area contributed by atoms with Gasteiger partial charge in [0.1, 0.15) is 12.0 Å². The van der Waals surface area contributed by atoms with Crippen LogP contribution in [0.3, 0.4) is 0 Å². The predicted octanol–water partition coefficient (Wildman–Crippen LogP) is 3.30. The Bertz CT molecular complexity index is 1400. The molecule has 1 fully saturated rings. The van der Waals surface area contributed by atoms with Gasteiger partial charge in [-0.05, 0) is 49.9 Å². The number of hydrogen-bond acceptors (Lipinski definition) is 10. The van der Waals surface area contributed by atoms with Crippen LogP contribution in [0.1, 0.15) is 62.7 Å². The van der Waals surface area contributed by atoms with Crippen LogP contribution in [0.25, 0.3) is 17.2 Å². The Labute approximate surface area is 211 Å². The van der Waals surface area contributed by atoms with Gasteiger partial charge in [-0.2, -0.15) is 0 Å². The molecule has 1 aromatic carbocycles. The minimum atomic E-state index is -1.24. The van der Waals surface area contributed by atoms with Gasteiger partial charge in [0, 0.05) is 23.2 Å². The Morgan fingerprint density at radius 3 is 2.62 bits per heavy atom. The van der Waals surface area contributed by atoms with Gasteiger partial charge in [-0.1, -0.05) is 12.7 Å². The number of benzene rings is 1. The van der Waals surface area contributed by atoms with Gasteiger partial charge in [-0.25, -0.2) is 19.4 Å². The molecule has 0 bridgehead atoms. The van der Waals surface area contributed by atoms with Crippen molar-refractivity contribution in [1.29, 1.82) is 0 Å². The predicted molar refractivity (Wildman–Crippen MR) is 130 cm³/mol. The smallest absolute Gasteiger partial charge is 0.496 e. The van der Waals surface area contributed by atoms with E-state index >= 15 is 0 Å². The van der Waals surface area contributed by atoms with Crippen molar-refractivity contribution < 1.29 is 38.1 Å². The number of pyridine rings is 1. The normalized spacial score (nSPS) is 13.7. The number of ether oxygens (including phenoxy) is 2. The highest BCUT2D eigenvalue weighted by molar-refractivity contribution is 6.02. The zero-order valence-corrected chi connectivity index (χ0v) is 20.3. The van der Waals surface area contributed by atoms with Gasteiger partial charge in [0.25, 0.3) is 0 Å². The number of aryl methyl sites for hydroxylation is 1. The summed E-state index contributed by atoms with van der Waals surface area (Å²) in [6.45, 7) is 5.33. The van der Waals surface area contributed by atoms with Crippen LogP contribution in [0.5, 0.6) is 5.75 Å². The summed E-state index contributed by atoms with van der Waals surface area (Å²) in [7, 11) is 1.42. The standard InChI is InChI=1S/C26H26N2O9/c1-4-15-9-18(24(30)31)17(10-20(15)34-3)16-7-8-19(23(29)27-11-14-5-6-14)28-22(16)25(32)35-12-21-13(2)36-26(33)37-21/h4,7-10,14,23,27,29H,1,5-6,11-12H2,2-3H3,(H,30,31). The van der Waals surface area contributed by atoms with Gasteiger partial charge in [0.2, 0.25) is 0 Å². The Hall–Kier alpha value is -4.22. The molecule has 1 aliphatic carbocycles. The Kier molecular flexibility index (Phi) is 7.55. The maximum atomic E-state index is 13.2. The van der Waals surface area contributed by atoms with Gasteiger partial charge >= 0.3 is 17.8 Å². The molecule has 37 heavy (non-hydrogen) atoms. The van der Waals surface area contributed by atoms with E-state index in [1.54, 1.807) is 0 Å². The number of aromatic carboxylic acids is 1. The minimum Gasteiger partial charge on any atom is -0.496 e. The van der Waals surface area contributed by atoms with Crippen LogP contribution in [0.4, 0.5) is 0 Å². The number of aliphatic hydroxyl groups excluding tert-OH is 1. The Morgan fingerprint density at radius 2 is 2.03 bits per heavy atom. The number of carboxylic acids is 1. The van der Waals surface area contributed by atoms with E-state index in [1.807, 2.05) is 0 Å². The maximum Gasteiger partial charge on any atom is 0.519 e. The summed E-state index contributed by atoms with van der Waals surface area (Å²) in [6, 6.07) is 5.82. The highest BCUT2D eigenvalue weighted by Crippen LogP contribution is 2.35. The monoisotopic (exact) mass is 510 g/mol. The van der Waals surface area contributed by atoms with E-state index in [-0.39, 0.29) is 39.6 Å². The van der Waals surface area contributed by atoms with Crippen molar-refractivity contribution in [2.45, 2.75) is 32.6 Å². The number of esters is 1. The molecule has 0 saturated heterocycles. The van der Waals surface area contributed by atoms with E-state index in [4.69, 9.17) is 18.3 Å². The lowest BCUT2D eigenvalue weighted by Gasteiger charge is -2.17. The van der Waals surface area contributed by atoms with Crippen molar-refractivity contribution in [2.75, 3.05) is 13.7 Å². The lowest BCUT2D eigenvalue weighted by Crippen LogP contribution is -2.25. The lowest BCUT2D eigenvalue weighted by molar-refractivity contribution is 0.0435. The van der Waals surface area contributed by atoms with E-state index in [1.165, 1.54) is 44.4 Å². The number of nitrogens with zero attached hydrogens (tertiary/aromatic N) is 1. The number of carboxylic acid groups (broad SMARTS) is 1. The molecule has 3 N–H and O–H groups in total. The number of methoxy groups -OCH3 is 1. The number of rotatable bonds is 11. The largest absolute Gasteiger partial charge is 0.519 e. The highest BCUT2D eigenvalue weighted by atomic mass is 16.6. The third-order valence-corrected chi connectivity index (χ3v) is 5.97. The third-order valence-electron chi connectivity index (χ3n) is 5.97. The van der Waals surface area contributed by atoms with Crippen LogP contribution in [0, 0.1) is 12.8 Å². The molecule has 2 heterocycles. The van der Waals surface area contributed by atoms with E-state index in [2.05, 4.69) is 16.9 Å². The van der Waals surface area contributed by atoms with Gasteiger partial charge in [-0.15, -0.1) is 0 Å². The molecule has 4 rings (SSSR count). The minimum absolute atomic E-state index is 0.0189. The summed E-state index contributed by atoms with van der Waals surface area (Å²) in [6.07, 6.45) is 2.45. The van der Waals surface area contributed by atoms with Gasteiger partial charge in [-0.3, -0.25) is 5.32 Å². The lowest BCUT2D eigenvalue weighted by atomic mass is 9.95. The molecule has 1 saturated carbocycles. The second-order valence-corrected chi connectivity index (χ2v) is 8.55. The van der Waals surface area contributed by atoms with Crippen LogP contribution in [-0.4, -0.2) is 40.8 Å². The topological polar surface area (TPSA) is 161 Å². The van der Waals surface area contributed by atoms with Crippen LogP contribution in [0.2, 0.25) is 0 Å². The number of hydrogen-bond donors (Lipinski definition) is 3. The number of aliphatic hydroxyl groups is 1. The fourth-order valence-corrected chi connectivity index (χ4v) is 3.74. The number of carbonyl (C=O) groups is 2. The van der Waals surface area contributed by atoms with Crippen LogP contribution < -0.4 is 15.9 Å². The fourth-order valence-electron chi connectivity index (χ4n) is 3.74. The summed E-state index contributed by atoms with van der Waals surface area (Å²) in [4.78, 5) is 41.0. The van der Waals surface area contributed by atoms with Crippen molar-refractivity contribution in [2.24, 2.45) is 5.92 Å². The van der Waals surface area contributed by atoms with Gasteiger partial charge in [0.15, 0.2) is 23.8 Å². The van der Waals surface area contributed by atoms with Crippen molar-refractivity contribution in [3.05, 3.63) is 75.5 Å². The van der Waals surface area contributed by atoms with E-state index in [0.29, 0.717) is 23.8 Å².